The van der Waals surface area contributed by atoms with E-state index in [0.29, 0.717) is 12.1 Å². The fourth-order valence-electron chi connectivity index (χ4n) is 3.58. The van der Waals surface area contributed by atoms with E-state index >= 15 is 0 Å². The molecule has 18 heavy (non-hydrogen) atoms. The summed E-state index contributed by atoms with van der Waals surface area (Å²) in [5.41, 5.74) is 0.387. The molecule has 0 saturated carbocycles. The SMILES string of the molecule is COc1ccc(C2(O)C[C@H]3CC[C@H](C2)N3C)cc1. The molecular formula is C15H21NO2. The maximum absolute atomic E-state index is 10.9. The van der Waals surface area contributed by atoms with Crippen molar-refractivity contribution < 1.29 is 9.84 Å². The van der Waals surface area contributed by atoms with Crippen LogP contribution in [0.15, 0.2) is 24.3 Å². The summed E-state index contributed by atoms with van der Waals surface area (Å²) in [6, 6.07) is 8.96. The van der Waals surface area contributed by atoms with Gasteiger partial charge in [0, 0.05) is 12.1 Å². The highest BCUT2D eigenvalue weighted by molar-refractivity contribution is 5.32. The minimum absolute atomic E-state index is 0.538. The molecule has 1 aromatic carbocycles. The van der Waals surface area contributed by atoms with Crippen molar-refractivity contribution in [3.8, 4) is 5.75 Å². The summed E-state index contributed by atoms with van der Waals surface area (Å²) in [7, 11) is 3.86. The Morgan fingerprint density at radius 1 is 1.17 bits per heavy atom. The Labute approximate surface area is 108 Å². The predicted octanol–water partition coefficient (Wildman–Crippen LogP) is 2.14. The molecule has 3 nitrogen and oxygen atoms in total. The Hall–Kier alpha value is -1.06. The van der Waals surface area contributed by atoms with Gasteiger partial charge in [0.05, 0.1) is 12.7 Å². The zero-order valence-electron chi connectivity index (χ0n) is 11.1. The molecular weight excluding hydrogens is 226 g/mol. The van der Waals surface area contributed by atoms with Crippen molar-refractivity contribution in [3.63, 3.8) is 0 Å². The first kappa shape index (κ1) is 12.0. The van der Waals surface area contributed by atoms with Crippen LogP contribution in [0.25, 0.3) is 0 Å². The van der Waals surface area contributed by atoms with Gasteiger partial charge in [-0.2, -0.15) is 0 Å². The standard InChI is InChI=1S/C15H21NO2/c1-16-12-5-6-13(16)10-15(17,9-12)11-3-7-14(18-2)8-4-11/h3-4,7-8,12-13,17H,5-6,9-10H2,1-2H3/t12-,13-/m1/s1. The van der Waals surface area contributed by atoms with Crippen LogP contribution in [0.4, 0.5) is 0 Å². The Kier molecular flexibility index (Phi) is 2.83. The van der Waals surface area contributed by atoms with Crippen LogP contribution < -0.4 is 4.74 Å². The molecule has 0 aromatic heterocycles. The van der Waals surface area contributed by atoms with Crippen LogP contribution in [-0.4, -0.2) is 36.2 Å². The lowest BCUT2D eigenvalue weighted by Crippen LogP contribution is -2.47. The predicted molar refractivity (Wildman–Crippen MR) is 70.7 cm³/mol. The molecule has 2 fully saturated rings. The number of fused-ring (bicyclic) bond motifs is 2. The van der Waals surface area contributed by atoms with Crippen LogP contribution in [-0.2, 0) is 5.60 Å². The topological polar surface area (TPSA) is 32.7 Å². The number of methoxy groups -OCH3 is 1. The van der Waals surface area contributed by atoms with E-state index in [2.05, 4.69) is 11.9 Å². The lowest BCUT2D eigenvalue weighted by molar-refractivity contribution is -0.0493. The third-order valence-electron chi connectivity index (χ3n) is 4.76. The minimum atomic E-state index is -0.648. The second kappa shape index (κ2) is 4.25. The molecule has 1 aromatic rings. The zero-order chi connectivity index (χ0) is 12.8. The fourth-order valence-corrected chi connectivity index (χ4v) is 3.58. The molecule has 3 rings (SSSR count). The van der Waals surface area contributed by atoms with Gasteiger partial charge in [0.2, 0.25) is 0 Å². The molecule has 3 heteroatoms. The van der Waals surface area contributed by atoms with Crippen molar-refractivity contribution in [1.82, 2.24) is 4.90 Å². The summed E-state index contributed by atoms with van der Waals surface area (Å²) in [6.45, 7) is 0. The normalized spacial score (nSPS) is 35.7. The summed E-state index contributed by atoms with van der Waals surface area (Å²) in [5.74, 6) is 0.846. The van der Waals surface area contributed by atoms with Crippen LogP contribution in [0.5, 0.6) is 5.75 Å². The van der Waals surface area contributed by atoms with Crippen molar-refractivity contribution >= 4 is 0 Å². The minimum Gasteiger partial charge on any atom is -0.497 e. The van der Waals surface area contributed by atoms with E-state index in [1.54, 1.807) is 7.11 Å². The number of aliphatic hydroxyl groups is 1. The van der Waals surface area contributed by atoms with Crippen molar-refractivity contribution in [2.75, 3.05) is 14.2 Å². The van der Waals surface area contributed by atoms with Gasteiger partial charge in [0.25, 0.3) is 0 Å². The van der Waals surface area contributed by atoms with Gasteiger partial charge < -0.3 is 14.7 Å². The van der Waals surface area contributed by atoms with Gasteiger partial charge in [-0.1, -0.05) is 12.1 Å². The number of hydrogen-bond acceptors (Lipinski definition) is 3. The summed E-state index contributed by atoms with van der Waals surface area (Å²) in [6.07, 6.45) is 4.15. The van der Waals surface area contributed by atoms with Crippen LogP contribution in [0.3, 0.4) is 0 Å². The van der Waals surface area contributed by atoms with E-state index in [-0.39, 0.29) is 0 Å². The smallest absolute Gasteiger partial charge is 0.118 e. The number of ether oxygens (including phenoxy) is 1. The fraction of sp³-hybridized carbons (Fsp3) is 0.600. The molecule has 2 aliphatic rings. The summed E-state index contributed by atoms with van der Waals surface area (Å²) >= 11 is 0. The molecule has 0 spiro atoms. The Morgan fingerprint density at radius 3 is 2.22 bits per heavy atom. The van der Waals surface area contributed by atoms with Crippen molar-refractivity contribution in [2.45, 2.75) is 43.4 Å². The van der Waals surface area contributed by atoms with E-state index in [1.807, 2.05) is 24.3 Å². The van der Waals surface area contributed by atoms with Crippen LogP contribution in [0.2, 0.25) is 0 Å². The van der Waals surface area contributed by atoms with Crippen LogP contribution >= 0.6 is 0 Å². The quantitative estimate of drug-likeness (QED) is 0.869. The van der Waals surface area contributed by atoms with E-state index in [9.17, 15) is 5.11 Å². The second-order valence-corrected chi connectivity index (χ2v) is 5.72. The van der Waals surface area contributed by atoms with E-state index in [1.165, 1.54) is 12.8 Å². The van der Waals surface area contributed by atoms with Gasteiger partial charge in [0.15, 0.2) is 0 Å². The highest BCUT2D eigenvalue weighted by atomic mass is 16.5. The monoisotopic (exact) mass is 247 g/mol. The van der Waals surface area contributed by atoms with Gasteiger partial charge in [-0.15, -0.1) is 0 Å². The molecule has 1 N–H and O–H groups in total. The molecule has 0 unspecified atom stereocenters. The maximum Gasteiger partial charge on any atom is 0.118 e. The molecule has 2 bridgehead atoms. The average Bonchev–Trinajstić information content (AvgIpc) is 2.63. The first-order valence-corrected chi connectivity index (χ1v) is 6.71. The van der Waals surface area contributed by atoms with Crippen molar-refractivity contribution in [1.29, 1.82) is 0 Å². The largest absolute Gasteiger partial charge is 0.497 e. The third-order valence-corrected chi connectivity index (χ3v) is 4.76. The molecule has 0 radical (unpaired) electrons. The highest BCUT2D eigenvalue weighted by Crippen LogP contribution is 2.44. The average molecular weight is 247 g/mol. The summed E-state index contributed by atoms with van der Waals surface area (Å²) in [4.78, 5) is 2.44. The zero-order valence-corrected chi connectivity index (χ0v) is 11.1. The highest BCUT2D eigenvalue weighted by Gasteiger charge is 2.46. The van der Waals surface area contributed by atoms with Gasteiger partial charge in [-0.05, 0) is 50.4 Å². The van der Waals surface area contributed by atoms with Gasteiger partial charge in [0.1, 0.15) is 5.75 Å². The molecule has 2 atom stereocenters. The maximum atomic E-state index is 10.9. The summed E-state index contributed by atoms with van der Waals surface area (Å²) < 4.78 is 5.17. The lowest BCUT2D eigenvalue weighted by Gasteiger charge is -2.42. The second-order valence-electron chi connectivity index (χ2n) is 5.72. The van der Waals surface area contributed by atoms with E-state index in [0.717, 1.165) is 24.2 Å². The summed E-state index contributed by atoms with van der Waals surface area (Å²) in [5, 5.41) is 10.9. The third kappa shape index (κ3) is 1.82. The van der Waals surface area contributed by atoms with Gasteiger partial charge >= 0.3 is 0 Å². The molecule has 0 amide bonds. The number of rotatable bonds is 2. The molecule has 2 aliphatic heterocycles. The Balaban J connectivity index is 1.86. The number of hydrogen-bond donors (Lipinski definition) is 1. The number of piperidine rings is 1. The molecule has 0 aliphatic carbocycles. The van der Waals surface area contributed by atoms with Crippen LogP contribution in [0, 0.1) is 0 Å². The number of nitrogens with zero attached hydrogens (tertiary/aromatic N) is 1. The van der Waals surface area contributed by atoms with Crippen LogP contribution in [0.1, 0.15) is 31.2 Å². The first-order chi connectivity index (χ1) is 8.62. The molecule has 2 heterocycles. The lowest BCUT2D eigenvalue weighted by atomic mass is 9.81. The first-order valence-electron chi connectivity index (χ1n) is 6.71. The Bertz CT molecular complexity index is 415. The van der Waals surface area contributed by atoms with E-state index in [4.69, 9.17) is 4.74 Å². The van der Waals surface area contributed by atoms with Crippen molar-refractivity contribution in [3.05, 3.63) is 29.8 Å². The van der Waals surface area contributed by atoms with Gasteiger partial charge in [-0.3, -0.25) is 0 Å². The van der Waals surface area contributed by atoms with Gasteiger partial charge in [-0.25, -0.2) is 0 Å². The van der Waals surface area contributed by atoms with Crippen molar-refractivity contribution in [2.24, 2.45) is 0 Å². The Morgan fingerprint density at radius 2 is 1.72 bits per heavy atom. The molecule has 98 valence electrons. The molecule has 2 saturated heterocycles. The number of benzene rings is 1. The van der Waals surface area contributed by atoms with E-state index < -0.39 is 5.60 Å².